The highest BCUT2D eigenvalue weighted by molar-refractivity contribution is 5.42. The van der Waals surface area contributed by atoms with Crippen molar-refractivity contribution >= 4 is 0 Å². The van der Waals surface area contributed by atoms with E-state index < -0.39 is 0 Å². The normalized spacial score (nSPS) is 17.1. The summed E-state index contributed by atoms with van der Waals surface area (Å²) < 4.78 is 10.6. The minimum absolute atomic E-state index is 0.609. The van der Waals surface area contributed by atoms with Crippen LogP contribution >= 0.6 is 0 Å². The molecule has 0 spiro atoms. The maximum absolute atomic E-state index is 5.32. The Bertz CT molecular complexity index is 417. The third-order valence-electron chi connectivity index (χ3n) is 3.98. The number of nitrogens with one attached hydrogen (secondary N) is 1. The number of hydrogen-bond acceptors (Lipinski definition) is 4. The number of hydrogen-bond donors (Lipinski definition) is 1. The second-order valence-corrected chi connectivity index (χ2v) is 5.41. The molecule has 0 aliphatic carbocycles. The molecule has 112 valence electrons. The SMILES string of the molecule is COc1ccc(CNCC(C)N2CCCC2)cc1OC. The summed E-state index contributed by atoms with van der Waals surface area (Å²) in [6.07, 6.45) is 2.69. The number of rotatable bonds is 7. The Morgan fingerprint density at radius 1 is 1.15 bits per heavy atom. The van der Waals surface area contributed by atoms with Crippen LogP contribution in [-0.4, -0.2) is 44.8 Å². The van der Waals surface area contributed by atoms with E-state index in [2.05, 4.69) is 23.2 Å². The van der Waals surface area contributed by atoms with Gasteiger partial charge in [-0.1, -0.05) is 6.07 Å². The molecule has 1 unspecified atom stereocenters. The van der Waals surface area contributed by atoms with E-state index in [9.17, 15) is 0 Å². The molecule has 1 atom stereocenters. The first-order valence-electron chi connectivity index (χ1n) is 7.40. The van der Waals surface area contributed by atoms with Crippen LogP contribution in [0.25, 0.3) is 0 Å². The van der Waals surface area contributed by atoms with Gasteiger partial charge in [0, 0.05) is 19.1 Å². The lowest BCUT2D eigenvalue weighted by atomic mass is 10.2. The van der Waals surface area contributed by atoms with Gasteiger partial charge in [-0.25, -0.2) is 0 Å². The summed E-state index contributed by atoms with van der Waals surface area (Å²) in [5.41, 5.74) is 1.22. The van der Waals surface area contributed by atoms with Crippen LogP contribution in [0.4, 0.5) is 0 Å². The van der Waals surface area contributed by atoms with Gasteiger partial charge in [0.1, 0.15) is 0 Å². The smallest absolute Gasteiger partial charge is 0.161 e. The Hall–Kier alpha value is -1.26. The molecule has 0 radical (unpaired) electrons. The second-order valence-electron chi connectivity index (χ2n) is 5.41. The minimum Gasteiger partial charge on any atom is -0.493 e. The molecule has 2 rings (SSSR count). The Labute approximate surface area is 122 Å². The van der Waals surface area contributed by atoms with Crippen LogP contribution in [-0.2, 0) is 6.54 Å². The third kappa shape index (κ3) is 3.87. The van der Waals surface area contributed by atoms with Gasteiger partial charge in [-0.05, 0) is 50.6 Å². The summed E-state index contributed by atoms with van der Waals surface area (Å²) in [4.78, 5) is 2.56. The Balaban J connectivity index is 1.81. The lowest BCUT2D eigenvalue weighted by Gasteiger charge is -2.24. The monoisotopic (exact) mass is 278 g/mol. The maximum atomic E-state index is 5.32. The molecule has 1 N–H and O–H groups in total. The van der Waals surface area contributed by atoms with E-state index in [0.29, 0.717) is 6.04 Å². The molecule has 4 nitrogen and oxygen atoms in total. The number of likely N-dealkylation sites (tertiary alicyclic amines) is 1. The molecule has 0 aromatic heterocycles. The lowest BCUT2D eigenvalue weighted by molar-refractivity contribution is 0.251. The highest BCUT2D eigenvalue weighted by atomic mass is 16.5. The van der Waals surface area contributed by atoms with Crippen molar-refractivity contribution in [3.05, 3.63) is 23.8 Å². The van der Waals surface area contributed by atoms with E-state index in [1.807, 2.05) is 12.1 Å². The van der Waals surface area contributed by atoms with Gasteiger partial charge in [0.2, 0.25) is 0 Å². The van der Waals surface area contributed by atoms with Gasteiger partial charge in [-0.15, -0.1) is 0 Å². The van der Waals surface area contributed by atoms with E-state index >= 15 is 0 Å². The van der Waals surface area contributed by atoms with Gasteiger partial charge in [0.05, 0.1) is 14.2 Å². The molecule has 1 heterocycles. The fraction of sp³-hybridized carbons (Fsp3) is 0.625. The maximum Gasteiger partial charge on any atom is 0.161 e. The van der Waals surface area contributed by atoms with Crippen LogP contribution in [0.2, 0.25) is 0 Å². The molecular formula is C16H26N2O2. The van der Waals surface area contributed by atoms with Crippen LogP contribution < -0.4 is 14.8 Å². The van der Waals surface area contributed by atoms with Crippen molar-refractivity contribution in [2.75, 3.05) is 33.9 Å². The zero-order valence-electron chi connectivity index (χ0n) is 12.8. The summed E-state index contributed by atoms with van der Waals surface area (Å²) in [5, 5.41) is 3.53. The predicted octanol–water partition coefficient (Wildman–Crippen LogP) is 2.28. The van der Waals surface area contributed by atoms with E-state index in [4.69, 9.17) is 9.47 Å². The number of ether oxygens (including phenoxy) is 2. The molecule has 1 aliphatic heterocycles. The molecule has 1 aromatic rings. The fourth-order valence-electron chi connectivity index (χ4n) is 2.73. The zero-order chi connectivity index (χ0) is 14.4. The summed E-state index contributed by atoms with van der Waals surface area (Å²) in [6.45, 7) is 6.68. The van der Waals surface area contributed by atoms with Crippen molar-refractivity contribution in [2.24, 2.45) is 0 Å². The first-order chi connectivity index (χ1) is 9.74. The summed E-state index contributed by atoms with van der Waals surface area (Å²) in [6, 6.07) is 6.68. The van der Waals surface area contributed by atoms with Gasteiger partial charge in [0.15, 0.2) is 11.5 Å². The van der Waals surface area contributed by atoms with Crippen LogP contribution in [0.15, 0.2) is 18.2 Å². The van der Waals surface area contributed by atoms with Crippen molar-refractivity contribution < 1.29 is 9.47 Å². The summed E-state index contributed by atoms with van der Waals surface area (Å²) >= 11 is 0. The largest absolute Gasteiger partial charge is 0.493 e. The predicted molar refractivity (Wildman–Crippen MR) is 81.5 cm³/mol. The lowest BCUT2D eigenvalue weighted by Crippen LogP contribution is -2.38. The average molecular weight is 278 g/mol. The van der Waals surface area contributed by atoms with E-state index in [0.717, 1.165) is 24.6 Å². The van der Waals surface area contributed by atoms with E-state index in [1.165, 1.54) is 31.5 Å². The second kappa shape index (κ2) is 7.50. The van der Waals surface area contributed by atoms with Gasteiger partial charge in [-0.3, -0.25) is 4.90 Å². The molecule has 20 heavy (non-hydrogen) atoms. The van der Waals surface area contributed by atoms with Crippen molar-refractivity contribution in [3.8, 4) is 11.5 Å². The van der Waals surface area contributed by atoms with Crippen LogP contribution in [0.5, 0.6) is 11.5 Å². The van der Waals surface area contributed by atoms with Gasteiger partial charge < -0.3 is 14.8 Å². The first kappa shape index (κ1) is 15.1. The molecule has 0 saturated carbocycles. The molecule has 0 amide bonds. The van der Waals surface area contributed by atoms with Crippen molar-refractivity contribution in [3.63, 3.8) is 0 Å². The standard InChI is InChI=1S/C16H26N2O2/c1-13(18-8-4-5-9-18)11-17-12-14-6-7-15(19-2)16(10-14)20-3/h6-7,10,13,17H,4-5,8-9,11-12H2,1-3H3. The van der Waals surface area contributed by atoms with Crippen LogP contribution in [0.3, 0.4) is 0 Å². The Morgan fingerprint density at radius 2 is 1.85 bits per heavy atom. The van der Waals surface area contributed by atoms with Gasteiger partial charge >= 0.3 is 0 Å². The molecular weight excluding hydrogens is 252 g/mol. The number of benzene rings is 1. The topological polar surface area (TPSA) is 33.7 Å². The quantitative estimate of drug-likeness (QED) is 0.829. The molecule has 1 saturated heterocycles. The number of nitrogens with zero attached hydrogens (tertiary/aromatic N) is 1. The highest BCUT2D eigenvalue weighted by Gasteiger charge is 2.17. The highest BCUT2D eigenvalue weighted by Crippen LogP contribution is 2.27. The molecule has 1 aliphatic rings. The molecule has 1 aromatic carbocycles. The Kier molecular flexibility index (Phi) is 5.68. The van der Waals surface area contributed by atoms with Crippen LogP contribution in [0, 0.1) is 0 Å². The average Bonchev–Trinajstić information content (AvgIpc) is 3.01. The summed E-state index contributed by atoms with van der Waals surface area (Å²) in [5.74, 6) is 1.57. The van der Waals surface area contributed by atoms with E-state index in [1.54, 1.807) is 14.2 Å². The zero-order valence-corrected chi connectivity index (χ0v) is 12.8. The van der Waals surface area contributed by atoms with Crippen molar-refractivity contribution in [2.45, 2.75) is 32.4 Å². The summed E-state index contributed by atoms with van der Waals surface area (Å²) in [7, 11) is 3.33. The van der Waals surface area contributed by atoms with E-state index in [-0.39, 0.29) is 0 Å². The molecule has 0 bridgehead atoms. The molecule has 4 heteroatoms. The van der Waals surface area contributed by atoms with Crippen molar-refractivity contribution in [1.29, 1.82) is 0 Å². The molecule has 1 fully saturated rings. The van der Waals surface area contributed by atoms with Crippen molar-refractivity contribution in [1.82, 2.24) is 10.2 Å². The fourth-order valence-corrected chi connectivity index (χ4v) is 2.73. The minimum atomic E-state index is 0.609. The van der Waals surface area contributed by atoms with Gasteiger partial charge in [0.25, 0.3) is 0 Å². The van der Waals surface area contributed by atoms with Gasteiger partial charge in [-0.2, -0.15) is 0 Å². The van der Waals surface area contributed by atoms with Crippen LogP contribution in [0.1, 0.15) is 25.3 Å². The first-order valence-corrected chi connectivity index (χ1v) is 7.40. The number of methoxy groups -OCH3 is 2. The third-order valence-corrected chi connectivity index (χ3v) is 3.98. The Morgan fingerprint density at radius 3 is 2.50 bits per heavy atom.